The van der Waals surface area contributed by atoms with E-state index in [1.165, 1.54) is 11.1 Å². The Bertz CT molecular complexity index is 516. The van der Waals surface area contributed by atoms with Crippen molar-refractivity contribution in [3.8, 4) is 5.69 Å². The summed E-state index contributed by atoms with van der Waals surface area (Å²) < 4.78 is 1.80. The van der Waals surface area contributed by atoms with Crippen molar-refractivity contribution in [1.29, 1.82) is 0 Å². The summed E-state index contributed by atoms with van der Waals surface area (Å²) in [6.07, 6.45) is 2.78. The first kappa shape index (κ1) is 11.8. The molecule has 0 spiro atoms. The smallest absolute Gasteiger partial charge is 0.0998 e. The Morgan fingerprint density at radius 2 is 2.12 bits per heavy atom. The third-order valence-corrected chi connectivity index (χ3v) is 2.94. The lowest BCUT2D eigenvalue weighted by atomic mass is 10.1. The van der Waals surface area contributed by atoms with Crippen molar-refractivity contribution in [2.45, 2.75) is 33.2 Å². The molecule has 0 aliphatic carbocycles. The van der Waals surface area contributed by atoms with Crippen molar-refractivity contribution in [3.05, 3.63) is 41.2 Å². The number of rotatable bonds is 3. The van der Waals surface area contributed by atoms with Gasteiger partial charge in [-0.1, -0.05) is 24.3 Å². The zero-order valence-corrected chi connectivity index (χ0v) is 10.5. The highest BCUT2D eigenvalue weighted by molar-refractivity contribution is 5.42. The normalized spacial score (nSPS) is 12.7. The maximum atomic E-state index is 5.94. The van der Waals surface area contributed by atoms with Crippen LogP contribution >= 0.6 is 0 Å². The third kappa shape index (κ3) is 2.36. The number of aryl methyl sites for hydroxylation is 2. The van der Waals surface area contributed by atoms with Crippen LogP contribution in [0.25, 0.3) is 5.69 Å². The van der Waals surface area contributed by atoms with E-state index in [2.05, 4.69) is 42.4 Å². The molecule has 2 aromatic rings. The second-order valence-electron chi connectivity index (χ2n) is 4.39. The van der Waals surface area contributed by atoms with Crippen LogP contribution in [0.2, 0.25) is 0 Å². The summed E-state index contributed by atoms with van der Waals surface area (Å²) in [4.78, 5) is 0. The molecule has 0 amide bonds. The molecule has 0 saturated heterocycles. The lowest BCUT2D eigenvalue weighted by Crippen LogP contribution is -2.08. The minimum absolute atomic E-state index is 0.0335. The fraction of sp³-hybridized carbons (Fsp3) is 0.385. The standard InChI is InChI=1S/C13H18N4/c1-4-11(14)12-8-17(16-15-12)13-7-9(2)5-6-10(13)3/h5-8,11H,4,14H2,1-3H3. The van der Waals surface area contributed by atoms with E-state index in [4.69, 9.17) is 5.73 Å². The summed E-state index contributed by atoms with van der Waals surface area (Å²) in [6, 6.07) is 6.25. The van der Waals surface area contributed by atoms with Crippen molar-refractivity contribution >= 4 is 0 Å². The first-order chi connectivity index (χ1) is 8.11. The second-order valence-corrected chi connectivity index (χ2v) is 4.39. The highest BCUT2D eigenvalue weighted by Gasteiger charge is 2.10. The number of hydrogen-bond donors (Lipinski definition) is 1. The predicted octanol–water partition coefficient (Wildman–Crippen LogP) is 2.29. The minimum atomic E-state index is -0.0335. The topological polar surface area (TPSA) is 56.7 Å². The van der Waals surface area contributed by atoms with Gasteiger partial charge in [-0.05, 0) is 37.5 Å². The van der Waals surface area contributed by atoms with Crippen LogP contribution in [0.1, 0.15) is 36.2 Å². The molecule has 1 heterocycles. The SMILES string of the molecule is CCC(N)c1cn(-c2cc(C)ccc2C)nn1. The first-order valence-electron chi connectivity index (χ1n) is 5.87. The van der Waals surface area contributed by atoms with Crippen molar-refractivity contribution in [2.75, 3.05) is 0 Å². The van der Waals surface area contributed by atoms with Gasteiger partial charge < -0.3 is 5.73 Å². The van der Waals surface area contributed by atoms with Crippen LogP contribution in [0.4, 0.5) is 0 Å². The summed E-state index contributed by atoms with van der Waals surface area (Å²) in [5.74, 6) is 0. The summed E-state index contributed by atoms with van der Waals surface area (Å²) in [7, 11) is 0. The lowest BCUT2D eigenvalue weighted by Gasteiger charge is -2.06. The molecule has 17 heavy (non-hydrogen) atoms. The van der Waals surface area contributed by atoms with E-state index in [1.54, 1.807) is 4.68 Å². The third-order valence-electron chi connectivity index (χ3n) is 2.94. The zero-order valence-electron chi connectivity index (χ0n) is 10.5. The van der Waals surface area contributed by atoms with E-state index in [0.717, 1.165) is 17.8 Å². The Kier molecular flexibility index (Phi) is 3.24. The van der Waals surface area contributed by atoms with Crippen molar-refractivity contribution in [2.24, 2.45) is 5.73 Å². The molecule has 1 aromatic heterocycles. The van der Waals surface area contributed by atoms with E-state index >= 15 is 0 Å². The Balaban J connectivity index is 2.40. The fourth-order valence-corrected chi connectivity index (χ4v) is 1.74. The minimum Gasteiger partial charge on any atom is -0.323 e. The average Bonchev–Trinajstić information content (AvgIpc) is 2.80. The van der Waals surface area contributed by atoms with Gasteiger partial charge in [-0.15, -0.1) is 5.10 Å². The van der Waals surface area contributed by atoms with E-state index in [-0.39, 0.29) is 6.04 Å². The van der Waals surface area contributed by atoms with Crippen molar-refractivity contribution < 1.29 is 0 Å². The zero-order chi connectivity index (χ0) is 12.4. The van der Waals surface area contributed by atoms with Crippen molar-refractivity contribution in [3.63, 3.8) is 0 Å². The molecule has 0 aliphatic rings. The molecule has 0 saturated carbocycles. The number of benzene rings is 1. The van der Waals surface area contributed by atoms with Crippen LogP contribution in [-0.2, 0) is 0 Å². The molecule has 1 unspecified atom stereocenters. The lowest BCUT2D eigenvalue weighted by molar-refractivity contribution is 0.670. The van der Waals surface area contributed by atoms with Gasteiger partial charge in [0, 0.05) is 0 Å². The quantitative estimate of drug-likeness (QED) is 0.880. The molecule has 4 heteroatoms. The van der Waals surface area contributed by atoms with Crippen LogP contribution in [0.15, 0.2) is 24.4 Å². The molecule has 2 rings (SSSR count). The summed E-state index contributed by atoms with van der Waals surface area (Å²) >= 11 is 0. The maximum absolute atomic E-state index is 5.94. The molecule has 4 nitrogen and oxygen atoms in total. The van der Waals surface area contributed by atoms with Gasteiger partial charge in [0.25, 0.3) is 0 Å². The molecule has 0 fully saturated rings. The number of hydrogen-bond acceptors (Lipinski definition) is 3. The molecule has 2 N–H and O–H groups in total. The molecule has 1 aromatic carbocycles. The van der Waals surface area contributed by atoms with Crippen LogP contribution in [-0.4, -0.2) is 15.0 Å². The van der Waals surface area contributed by atoms with Gasteiger partial charge in [-0.2, -0.15) is 0 Å². The number of nitrogens with zero attached hydrogens (tertiary/aromatic N) is 3. The molecular weight excluding hydrogens is 212 g/mol. The summed E-state index contributed by atoms with van der Waals surface area (Å²) in [5.41, 5.74) is 10.2. The van der Waals surface area contributed by atoms with Crippen LogP contribution in [0.3, 0.4) is 0 Å². The van der Waals surface area contributed by atoms with Gasteiger partial charge >= 0.3 is 0 Å². The highest BCUT2D eigenvalue weighted by Crippen LogP contribution is 2.17. The summed E-state index contributed by atoms with van der Waals surface area (Å²) in [5, 5.41) is 8.27. The molecule has 0 bridgehead atoms. The molecule has 90 valence electrons. The molecule has 1 atom stereocenters. The van der Waals surface area contributed by atoms with Gasteiger partial charge in [0.05, 0.1) is 23.6 Å². The van der Waals surface area contributed by atoms with E-state index in [9.17, 15) is 0 Å². The van der Waals surface area contributed by atoms with E-state index in [0.29, 0.717) is 0 Å². The molecule has 0 radical (unpaired) electrons. The number of aromatic nitrogens is 3. The van der Waals surface area contributed by atoms with Crippen LogP contribution in [0.5, 0.6) is 0 Å². The maximum Gasteiger partial charge on any atom is 0.0998 e. The van der Waals surface area contributed by atoms with Gasteiger partial charge in [0.15, 0.2) is 0 Å². The van der Waals surface area contributed by atoms with Crippen molar-refractivity contribution in [1.82, 2.24) is 15.0 Å². The second kappa shape index (κ2) is 4.67. The Morgan fingerprint density at radius 1 is 1.35 bits per heavy atom. The molecule has 0 aliphatic heterocycles. The highest BCUT2D eigenvalue weighted by atomic mass is 15.4. The van der Waals surface area contributed by atoms with E-state index < -0.39 is 0 Å². The van der Waals surface area contributed by atoms with Gasteiger partial charge in [0.2, 0.25) is 0 Å². The fourth-order valence-electron chi connectivity index (χ4n) is 1.74. The predicted molar refractivity (Wildman–Crippen MR) is 68.1 cm³/mol. The largest absolute Gasteiger partial charge is 0.323 e. The average molecular weight is 230 g/mol. The number of nitrogens with two attached hydrogens (primary N) is 1. The Morgan fingerprint density at radius 3 is 2.82 bits per heavy atom. The Hall–Kier alpha value is -1.68. The molecular formula is C13H18N4. The van der Waals surface area contributed by atoms with Gasteiger partial charge in [-0.3, -0.25) is 0 Å². The van der Waals surface area contributed by atoms with E-state index in [1.807, 2.05) is 13.1 Å². The monoisotopic (exact) mass is 230 g/mol. The Labute approximate surface area is 101 Å². The van der Waals surface area contributed by atoms with Crippen LogP contribution in [0, 0.1) is 13.8 Å². The van der Waals surface area contributed by atoms with Gasteiger partial charge in [-0.25, -0.2) is 4.68 Å². The van der Waals surface area contributed by atoms with Crippen LogP contribution < -0.4 is 5.73 Å². The first-order valence-corrected chi connectivity index (χ1v) is 5.87. The summed E-state index contributed by atoms with van der Waals surface area (Å²) in [6.45, 7) is 6.18. The van der Waals surface area contributed by atoms with Gasteiger partial charge in [0.1, 0.15) is 0 Å².